The summed E-state index contributed by atoms with van der Waals surface area (Å²) in [5.41, 5.74) is 0.485. The topological polar surface area (TPSA) is 67.8 Å². The lowest BCUT2D eigenvalue weighted by Crippen LogP contribution is -2.51. The van der Waals surface area contributed by atoms with Crippen molar-refractivity contribution >= 4 is 23.3 Å². The molecule has 0 unspecified atom stereocenters. The minimum atomic E-state index is -0.0300. The number of benzene rings is 1. The summed E-state index contributed by atoms with van der Waals surface area (Å²) in [4.78, 5) is 16.1. The van der Waals surface area contributed by atoms with Gasteiger partial charge in [0, 0.05) is 39.6 Å². The molecule has 1 fully saturated rings. The highest BCUT2D eigenvalue weighted by molar-refractivity contribution is 6.99. The van der Waals surface area contributed by atoms with Gasteiger partial charge in [-0.2, -0.15) is 8.75 Å². The molecule has 0 aliphatic carbocycles. The van der Waals surface area contributed by atoms with Crippen LogP contribution in [0, 0.1) is 0 Å². The number of carbonyl (C=O) groups excluding carboxylic acids is 1. The van der Waals surface area contributed by atoms with Crippen molar-refractivity contribution in [1.29, 1.82) is 0 Å². The zero-order valence-electron chi connectivity index (χ0n) is 14.1. The van der Waals surface area contributed by atoms with Crippen molar-refractivity contribution in [3.63, 3.8) is 0 Å². The molecule has 2 aliphatic rings. The van der Waals surface area contributed by atoms with Crippen LogP contribution in [-0.4, -0.2) is 64.9 Å². The van der Waals surface area contributed by atoms with Crippen LogP contribution in [0.4, 0.5) is 5.82 Å². The first kappa shape index (κ1) is 16.3. The van der Waals surface area contributed by atoms with Gasteiger partial charge in [0.15, 0.2) is 28.8 Å². The lowest BCUT2D eigenvalue weighted by molar-refractivity contribution is 0.0571. The lowest BCUT2D eigenvalue weighted by atomic mass is 10.2. The Labute approximate surface area is 150 Å². The number of nitrogens with zero attached hydrogens (tertiary/aromatic N) is 4. The van der Waals surface area contributed by atoms with Crippen LogP contribution in [0.1, 0.15) is 17.4 Å². The minimum absolute atomic E-state index is 0.0300. The predicted octanol–water partition coefficient (Wildman–Crippen LogP) is 1.70. The molecular formula is C17H20N4O3S. The van der Waals surface area contributed by atoms with E-state index in [1.54, 1.807) is 0 Å². The summed E-state index contributed by atoms with van der Waals surface area (Å²) < 4.78 is 20.2. The third kappa shape index (κ3) is 3.45. The molecule has 0 saturated carbocycles. The van der Waals surface area contributed by atoms with E-state index < -0.39 is 0 Å². The van der Waals surface area contributed by atoms with Gasteiger partial charge in [0.2, 0.25) is 0 Å². The Morgan fingerprint density at radius 3 is 2.72 bits per heavy atom. The molecule has 2 aromatic rings. The van der Waals surface area contributed by atoms with Gasteiger partial charge in [-0.25, -0.2) is 0 Å². The second kappa shape index (κ2) is 6.97. The van der Waals surface area contributed by atoms with Crippen LogP contribution in [0.15, 0.2) is 24.3 Å². The molecule has 0 spiro atoms. The normalized spacial score (nSPS) is 20.5. The number of hydrogen-bond donors (Lipinski definition) is 0. The van der Waals surface area contributed by atoms with Crippen LogP contribution in [0.3, 0.4) is 0 Å². The monoisotopic (exact) mass is 360 g/mol. The van der Waals surface area contributed by atoms with Crippen molar-refractivity contribution in [3.05, 3.63) is 30.0 Å². The standard InChI is InChI=1S/C17H20N4O3S/c1-12(22)16-17(19-25-18-16)21-8-6-20(7-9-21)10-13-11-23-14-4-2-3-5-15(14)24-13/h2-5,13H,6-11H2,1H3/t13-/m0/s1. The van der Waals surface area contributed by atoms with Gasteiger partial charge in [0.25, 0.3) is 0 Å². The second-order valence-corrected chi connectivity index (χ2v) is 6.81. The fourth-order valence-electron chi connectivity index (χ4n) is 3.20. The molecule has 7 nitrogen and oxygen atoms in total. The van der Waals surface area contributed by atoms with Crippen molar-refractivity contribution in [2.24, 2.45) is 0 Å². The summed E-state index contributed by atoms with van der Waals surface area (Å²) in [6, 6.07) is 7.78. The number of anilines is 1. The van der Waals surface area contributed by atoms with Crippen LogP contribution < -0.4 is 14.4 Å². The van der Waals surface area contributed by atoms with Crippen molar-refractivity contribution in [2.45, 2.75) is 13.0 Å². The van der Waals surface area contributed by atoms with Crippen LogP contribution in [0.5, 0.6) is 11.5 Å². The lowest BCUT2D eigenvalue weighted by Gasteiger charge is -2.37. The molecule has 1 atom stereocenters. The number of hydrogen-bond acceptors (Lipinski definition) is 8. The molecule has 3 heterocycles. The molecule has 1 aromatic carbocycles. The predicted molar refractivity (Wildman–Crippen MR) is 94.9 cm³/mol. The van der Waals surface area contributed by atoms with Gasteiger partial charge in [-0.1, -0.05) is 12.1 Å². The Morgan fingerprint density at radius 1 is 1.20 bits per heavy atom. The van der Waals surface area contributed by atoms with E-state index in [1.807, 2.05) is 24.3 Å². The highest BCUT2D eigenvalue weighted by atomic mass is 32.1. The van der Waals surface area contributed by atoms with E-state index in [4.69, 9.17) is 9.47 Å². The van der Waals surface area contributed by atoms with Crippen molar-refractivity contribution in [3.8, 4) is 11.5 Å². The Bertz CT molecular complexity index is 758. The number of para-hydroxylation sites is 2. The maximum atomic E-state index is 11.6. The molecule has 2 aliphatic heterocycles. The van der Waals surface area contributed by atoms with E-state index in [0.29, 0.717) is 12.3 Å². The van der Waals surface area contributed by atoms with Gasteiger partial charge in [-0.15, -0.1) is 0 Å². The van der Waals surface area contributed by atoms with Crippen LogP contribution >= 0.6 is 11.7 Å². The second-order valence-electron chi connectivity index (χ2n) is 6.28. The largest absolute Gasteiger partial charge is 0.486 e. The van der Waals surface area contributed by atoms with E-state index in [2.05, 4.69) is 18.5 Å². The van der Waals surface area contributed by atoms with Gasteiger partial charge >= 0.3 is 0 Å². The van der Waals surface area contributed by atoms with Crippen molar-refractivity contribution in [1.82, 2.24) is 13.6 Å². The average molecular weight is 360 g/mol. The van der Waals surface area contributed by atoms with Gasteiger partial charge in [0.05, 0.1) is 11.7 Å². The smallest absolute Gasteiger partial charge is 0.183 e. The first-order valence-corrected chi connectivity index (χ1v) is 9.13. The molecule has 0 N–H and O–H groups in total. The summed E-state index contributed by atoms with van der Waals surface area (Å²) in [5.74, 6) is 2.33. The summed E-state index contributed by atoms with van der Waals surface area (Å²) in [6.45, 7) is 6.39. The molecule has 0 radical (unpaired) electrons. The molecule has 0 amide bonds. The quantitative estimate of drug-likeness (QED) is 0.769. The number of carbonyl (C=O) groups is 1. The molecular weight excluding hydrogens is 340 g/mol. The summed E-state index contributed by atoms with van der Waals surface area (Å²) >= 11 is 1.10. The first-order chi connectivity index (χ1) is 12.2. The van der Waals surface area contributed by atoms with E-state index in [9.17, 15) is 4.79 Å². The molecule has 0 bridgehead atoms. The van der Waals surface area contributed by atoms with E-state index >= 15 is 0 Å². The zero-order chi connectivity index (χ0) is 17.2. The maximum Gasteiger partial charge on any atom is 0.183 e. The molecule has 25 heavy (non-hydrogen) atoms. The van der Waals surface area contributed by atoms with E-state index in [0.717, 1.165) is 61.8 Å². The Balaban J connectivity index is 1.32. The maximum absolute atomic E-state index is 11.6. The Hall–Kier alpha value is -2.19. The molecule has 1 saturated heterocycles. The number of fused-ring (bicyclic) bond motifs is 1. The number of aromatic nitrogens is 2. The molecule has 1 aromatic heterocycles. The summed E-state index contributed by atoms with van der Waals surface area (Å²) in [6.07, 6.45) is 0.0372. The molecule has 4 rings (SSSR count). The average Bonchev–Trinajstić information content (AvgIpc) is 3.12. The van der Waals surface area contributed by atoms with Crippen LogP contribution in [-0.2, 0) is 0 Å². The number of Topliss-reactive ketones (excluding diaryl/α,β-unsaturated/α-hetero) is 1. The number of rotatable bonds is 4. The van der Waals surface area contributed by atoms with Crippen LogP contribution in [0.25, 0.3) is 0 Å². The Morgan fingerprint density at radius 2 is 1.96 bits per heavy atom. The SMILES string of the molecule is CC(=O)c1nsnc1N1CCN(C[C@H]2COc3ccccc3O2)CC1. The highest BCUT2D eigenvalue weighted by Crippen LogP contribution is 2.31. The number of piperazine rings is 1. The zero-order valence-corrected chi connectivity index (χ0v) is 14.9. The van der Waals surface area contributed by atoms with E-state index in [1.165, 1.54) is 6.92 Å². The van der Waals surface area contributed by atoms with Gasteiger partial charge in [-0.3, -0.25) is 9.69 Å². The summed E-state index contributed by atoms with van der Waals surface area (Å²) in [7, 11) is 0. The van der Waals surface area contributed by atoms with E-state index in [-0.39, 0.29) is 11.9 Å². The fraction of sp³-hybridized carbons (Fsp3) is 0.471. The minimum Gasteiger partial charge on any atom is -0.486 e. The Kier molecular flexibility index (Phi) is 4.54. The molecule has 132 valence electrons. The fourth-order valence-corrected chi connectivity index (χ4v) is 3.81. The summed E-state index contributed by atoms with van der Waals surface area (Å²) in [5, 5.41) is 0. The van der Waals surface area contributed by atoms with Gasteiger partial charge in [0.1, 0.15) is 12.7 Å². The van der Waals surface area contributed by atoms with Crippen LogP contribution in [0.2, 0.25) is 0 Å². The van der Waals surface area contributed by atoms with Crippen molar-refractivity contribution < 1.29 is 14.3 Å². The third-order valence-corrected chi connectivity index (χ3v) is 5.02. The number of ketones is 1. The molecule has 8 heteroatoms. The van der Waals surface area contributed by atoms with Crippen molar-refractivity contribution in [2.75, 3.05) is 44.2 Å². The number of ether oxygens (including phenoxy) is 2. The van der Waals surface area contributed by atoms with Gasteiger partial charge < -0.3 is 14.4 Å². The first-order valence-electron chi connectivity index (χ1n) is 8.40. The highest BCUT2D eigenvalue weighted by Gasteiger charge is 2.27. The third-order valence-electron chi connectivity index (χ3n) is 4.51. The van der Waals surface area contributed by atoms with Gasteiger partial charge in [-0.05, 0) is 12.1 Å².